The third-order valence-electron chi connectivity index (χ3n) is 10.2. The first-order chi connectivity index (χ1) is 26.6. The highest BCUT2D eigenvalue weighted by Crippen LogP contribution is 2.24. The molecule has 1 aliphatic rings. The van der Waals surface area contributed by atoms with Gasteiger partial charge in [-0.1, -0.05) is 99.8 Å². The number of benzene rings is 2. The van der Waals surface area contributed by atoms with Crippen molar-refractivity contribution in [2.45, 2.75) is 99.0 Å². The summed E-state index contributed by atoms with van der Waals surface area (Å²) in [5.74, 6) is -0.799. The van der Waals surface area contributed by atoms with E-state index in [0.717, 1.165) is 33.6 Å². The van der Waals surface area contributed by atoms with E-state index in [0.29, 0.717) is 39.0 Å². The van der Waals surface area contributed by atoms with Crippen LogP contribution in [0.2, 0.25) is 0 Å². The van der Waals surface area contributed by atoms with Crippen LogP contribution in [0, 0.1) is 32.1 Å². The minimum absolute atomic E-state index is 0.00867. The zero-order valence-corrected chi connectivity index (χ0v) is 34.3. The number of methoxy groups -OCH3 is 1. The molecule has 3 aromatic rings. The lowest BCUT2D eigenvalue weighted by Gasteiger charge is -2.35. The predicted molar refractivity (Wildman–Crippen MR) is 216 cm³/mol. The van der Waals surface area contributed by atoms with Gasteiger partial charge in [-0.05, 0) is 61.8 Å². The molecule has 2 heterocycles. The highest BCUT2D eigenvalue weighted by atomic mass is 16.5. The molecular formula is C43H61N7O6. The molecule has 0 aliphatic carbocycles. The summed E-state index contributed by atoms with van der Waals surface area (Å²) in [6.45, 7) is 15.3. The largest absolute Gasteiger partial charge is 0.453 e. The number of amides is 5. The molecule has 13 heteroatoms. The van der Waals surface area contributed by atoms with Crippen LogP contribution in [-0.2, 0) is 33.8 Å². The van der Waals surface area contributed by atoms with Crippen molar-refractivity contribution in [1.82, 2.24) is 35.9 Å². The third-order valence-corrected chi connectivity index (χ3v) is 10.2. The molecule has 1 saturated heterocycles. The van der Waals surface area contributed by atoms with Gasteiger partial charge in [0.25, 0.3) is 0 Å². The van der Waals surface area contributed by atoms with Gasteiger partial charge in [-0.2, -0.15) is 0 Å². The van der Waals surface area contributed by atoms with Gasteiger partial charge in [0.05, 0.1) is 31.5 Å². The molecule has 1 aromatic heterocycles. The van der Waals surface area contributed by atoms with Crippen molar-refractivity contribution in [3.63, 3.8) is 0 Å². The molecule has 4 unspecified atom stereocenters. The number of ether oxygens (including phenoxy) is 1. The first kappa shape index (κ1) is 43.7. The second kappa shape index (κ2) is 20.2. The molecule has 1 fully saturated rings. The summed E-state index contributed by atoms with van der Waals surface area (Å²) < 4.78 is 4.69. The number of carbonyl (C=O) groups is 4. The molecule has 2 aromatic carbocycles. The molecule has 1 aliphatic heterocycles. The number of rotatable bonds is 19. The number of hydrogen-bond donors (Lipinski definition) is 4. The van der Waals surface area contributed by atoms with Crippen molar-refractivity contribution < 1.29 is 29.0 Å². The Morgan fingerprint density at radius 3 is 2.32 bits per heavy atom. The maximum atomic E-state index is 14.4. The molecule has 0 radical (unpaired) electrons. The topological polar surface area (TPSA) is 156 Å². The van der Waals surface area contributed by atoms with Gasteiger partial charge in [-0.3, -0.25) is 20.0 Å². The summed E-state index contributed by atoms with van der Waals surface area (Å²) in [5, 5.41) is 19.6. The molecule has 0 spiro atoms. The first-order valence-corrected chi connectivity index (χ1v) is 19.5. The van der Waals surface area contributed by atoms with E-state index in [2.05, 4.69) is 27.1 Å². The van der Waals surface area contributed by atoms with E-state index in [1.54, 1.807) is 14.8 Å². The maximum Gasteiger partial charge on any atom is 0.406 e. The van der Waals surface area contributed by atoms with Crippen molar-refractivity contribution in [3.8, 4) is 0 Å². The first-order valence-electron chi connectivity index (χ1n) is 19.5. The highest BCUT2D eigenvalue weighted by molar-refractivity contribution is 5.88. The number of nitrogens with zero attached hydrogens (tertiary/aromatic N) is 4. The zero-order valence-electron chi connectivity index (χ0n) is 34.3. The number of hydrazine groups is 1. The average Bonchev–Trinajstić information content (AvgIpc) is 3.48. The number of aliphatic hydroxyl groups excluding tert-OH is 1. The third kappa shape index (κ3) is 13.0. The standard InChI is InChI=1S/C43H61N7O6/c1-9-31(4)39(50-19-18-48(42(50)55)26-35-17-13-14-32(5)45-35)40(53)46-36(23-33-15-11-10-12-16-33)37(51)27-49(25-34-21-29(2)20-30(3)22-34)47-38(52)24-43(6,7)28-44-41(54)56-8/h10-17,20-22,31,36-37,39,51H,9,18-19,23-28H2,1-8H3,(H,44,54)(H,46,53)(H,47,52). The smallest absolute Gasteiger partial charge is 0.406 e. The molecule has 4 atom stereocenters. The normalized spacial score (nSPS) is 15.3. The molecule has 304 valence electrons. The molecule has 4 N–H and O–H groups in total. The number of hydrogen-bond acceptors (Lipinski definition) is 8. The van der Waals surface area contributed by atoms with Gasteiger partial charge < -0.3 is 30.3 Å². The fraction of sp³-hybridized carbons (Fsp3) is 0.512. The van der Waals surface area contributed by atoms with Gasteiger partial charge in [0.2, 0.25) is 11.8 Å². The summed E-state index contributed by atoms with van der Waals surface area (Å²) >= 11 is 0. The second-order valence-corrected chi connectivity index (χ2v) is 16.0. The van der Waals surface area contributed by atoms with Crippen LogP contribution in [0.25, 0.3) is 0 Å². The van der Waals surface area contributed by atoms with Crippen LogP contribution in [0.15, 0.2) is 66.7 Å². The lowest BCUT2D eigenvalue weighted by atomic mass is 9.89. The van der Waals surface area contributed by atoms with E-state index >= 15 is 0 Å². The van der Waals surface area contributed by atoms with Crippen LogP contribution in [0.3, 0.4) is 0 Å². The lowest BCUT2D eigenvalue weighted by Crippen LogP contribution is -2.58. The van der Waals surface area contributed by atoms with Crippen LogP contribution in [-0.4, -0.2) is 100 Å². The maximum absolute atomic E-state index is 14.4. The number of carbonyl (C=O) groups excluding carboxylic acids is 4. The van der Waals surface area contributed by atoms with E-state index < -0.39 is 29.7 Å². The van der Waals surface area contributed by atoms with Gasteiger partial charge in [-0.25, -0.2) is 14.6 Å². The number of nitrogens with one attached hydrogen (secondary N) is 3. The molecular weight excluding hydrogens is 711 g/mol. The molecule has 0 saturated carbocycles. The van der Waals surface area contributed by atoms with Gasteiger partial charge in [0.15, 0.2) is 0 Å². The van der Waals surface area contributed by atoms with Crippen molar-refractivity contribution in [2.75, 3.05) is 33.3 Å². The van der Waals surface area contributed by atoms with E-state index in [4.69, 9.17) is 4.74 Å². The van der Waals surface area contributed by atoms with Crippen molar-refractivity contribution in [3.05, 3.63) is 100 Å². The Kier molecular flexibility index (Phi) is 15.8. The van der Waals surface area contributed by atoms with Gasteiger partial charge in [0.1, 0.15) is 6.04 Å². The number of urea groups is 1. The van der Waals surface area contributed by atoms with Crippen LogP contribution >= 0.6 is 0 Å². The lowest BCUT2D eigenvalue weighted by molar-refractivity contribution is -0.131. The highest BCUT2D eigenvalue weighted by Gasteiger charge is 2.41. The van der Waals surface area contributed by atoms with Crippen molar-refractivity contribution in [1.29, 1.82) is 0 Å². The Labute approximate surface area is 332 Å². The summed E-state index contributed by atoms with van der Waals surface area (Å²) in [4.78, 5) is 61.5. The Morgan fingerprint density at radius 2 is 1.68 bits per heavy atom. The fourth-order valence-corrected chi connectivity index (χ4v) is 7.22. The van der Waals surface area contributed by atoms with Crippen molar-refractivity contribution in [2.24, 2.45) is 11.3 Å². The van der Waals surface area contributed by atoms with Crippen LogP contribution in [0.5, 0.6) is 0 Å². The Morgan fingerprint density at radius 1 is 0.982 bits per heavy atom. The average molecular weight is 772 g/mol. The second-order valence-electron chi connectivity index (χ2n) is 16.0. The number of aromatic nitrogens is 1. The van der Waals surface area contributed by atoms with Gasteiger partial charge in [0, 0.05) is 44.8 Å². The monoisotopic (exact) mass is 771 g/mol. The molecule has 0 bridgehead atoms. The Bertz CT molecular complexity index is 1770. The minimum Gasteiger partial charge on any atom is -0.453 e. The summed E-state index contributed by atoms with van der Waals surface area (Å²) in [5.41, 5.74) is 8.06. The minimum atomic E-state index is -1.13. The van der Waals surface area contributed by atoms with E-state index in [-0.39, 0.29) is 43.3 Å². The Hall–Kier alpha value is -5.01. The fourth-order valence-electron chi connectivity index (χ4n) is 7.22. The predicted octanol–water partition coefficient (Wildman–Crippen LogP) is 5.05. The Balaban J connectivity index is 1.57. The van der Waals surface area contributed by atoms with E-state index in [9.17, 15) is 24.3 Å². The van der Waals surface area contributed by atoms with Crippen molar-refractivity contribution >= 4 is 23.9 Å². The zero-order chi connectivity index (χ0) is 41.0. The number of alkyl carbamates (subject to hydrolysis) is 1. The number of pyridine rings is 1. The van der Waals surface area contributed by atoms with Gasteiger partial charge in [-0.15, -0.1) is 0 Å². The number of aryl methyl sites for hydroxylation is 3. The summed E-state index contributed by atoms with van der Waals surface area (Å²) in [7, 11) is 1.29. The summed E-state index contributed by atoms with van der Waals surface area (Å²) in [6.07, 6.45) is -0.648. The van der Waals surface area contributed by atoms with Crippen LogP contribution in [0.4, 0.5) is 9.59 Å². The SMILES string of the molecule is CCC(C)C(C(=O)NC(Cc1ccccc1)C(O)CN(Cc1cc(C)cc(C)c1)NC(=O)CC(C)(C)CNC(=O)OC)N1CCN(Cc2cccc(C)n2)C1=O. The molecule has 4 rings (SSSR count). The molecule has 56 heavy (non-hydrogen) atoms. The van der Waals surface area contributed by atoms with E-state index in [1.165, 1.54) is 7.11 Å². The van der Waals surface area contributed by atoms with E-state index in [1.807, 2.05) is 109 Å². The van der Waals surface area contributed by atoms with Gasteiger partial charge >= 0.3 is 12.1 Å². The summed E-state index contributed by atoms with van der Waals surface area (Å²) in [6, 6.07) is 19.7. The molecule has 5 amide bonds. The number of aliphatic hydroxyl groups is 1. The quantitative estimate of drug-likeness (QED) is 0.124. The van der Waals surface area contributed by atoms with Crippen LogP contribution < -0.4 is 16.1 Å². The van der Waals surface area contributed by atoms with Crippen LogP contribution in [0.1, 0.15) is 74.2 Å². The molecule has 13 nitrogen and oxygen atoms in total.